The Labute approximate surface area is 96.4 Å². The molecular weight excluding hydrogens is 200 g/mol. The molecule has 2 saturated carbocycles. The van der Waals surface area contributed by atoms with Crippen LogP contribution in [0.4, 0.5) is 0 Å². The Hall–Kier alpha value is -0.900. The molecule has 3 rings (SSSR count). The highest BCUT2D eigenvalue weighted by Crippen LogP contribution is 2.44. The van der Waals surface area contributed by atoms with Crippen LogP contribution in [-0.2, 0) is 13.1 Å². The van der Waals surface area contributed by atoms with Crippen molar-refractivity contribution in [2.24, 2.45) is 11.8 Å². The zero-order chi connectivity index (χ0) is 11.0. The minimum absolute atomic E-state index is 0.752. The van der Waals surface area contributed by atoms with Crippen molar-refractivity contribution >= 4 is 0 Å². The summed E-state index contributed by atoms with van der Waals surface area (Å²) in [6.45, 7) is 3.97. The second-order valence-electron chi connectivity index (χ2n) is 5.11. The van der Waals surface area contributed by atoms with Crippen molar-refractivity contribution in [2.75, 3.05) is 0 Å². The van der Waals surface area contributed by atoms with Crippen LogP contribution in [-0.4, -0.2) is 20.8 Å². The molecule has 16 heavy (non-hydrogen) atoms. The molecule has 1 aromatic heterocycles. The number of aryl methyl sites for hydroxylation is 1. The molecule has 4 heteroatoms. The molecule has 0 unspecified atom stereocenters. The fourth-order valence-electron chi connectivity index (χ4n) is 2.52. The van der Waals surface area contributed by atoms with Gasteiger partial charge < -0.3 is 9.88 Å². The molecule has 4 nitrogen and oxygen atoms in total. The highest BCUT2D eigenvalue weighted by atomic mass is 15.3. The molecule has 1 N–H and O–H groups in total. The van der Waals surface area contributed by atoms with Crippen molar-refractivity contribution in [3.8, 4) is 0 Å². The van der Waals surface area contributed by atoms with Crippen LogP contribution in [0.25, 0.3) is 0 Å². The molecule has 2 aliphatic rings. The Morgan fingerprint density at radius 1 is 1.38 bits per heavy atom. The van der Waals surface area contributed by atoms with Crippen molar-refractivity contribution in [3.05, 3.63) is 12.2 Å². The number of nitrogens with zero attached hydrogens (tertiary/aromatic N) is 3. The van der Waals surface area contributed by atoms with Gasteiger partial charge in [-0.1, -0.05) is 0 Å². The van der Waals surface area contributed by atoms with E-state index in [-0.39, 0.29) is 0 Å². The van der Waals surface area contributed by atoms with Crippen molar-refractivity contribution < 1.29 is 0 Å². The second-order valence-corrected chi connectivity index (χ2v) is 5.11. The van der Waals surface area contributed by atoms with Gasteiger partial charge in [0.05, 0.1) is 6.54 Å². The molecule has 0 aromatic carbocycles. The van der Waals surface area contributed by atoms with Crippen LogP contribution in [0.2, 0.25) is 0 Å². The summed E-state index contributed by atoms with van der Waals surface area (Å²) in [6, 6.07) is 0.752. The maximum Gasteiger partial charge on any atom is 0.146 e. The average molecular weight is 220 g/mol. The van der Waals surface area contributed by atoms with Crippen LogP contribution in [0.5, 0.6) is 0 Å². The van der Waals surface area contributed by atoms with Gasteiger partial charge in [0.2, 0.25) is 0 Å². The van der Waals surface area contributed by atoms with Gasteiger partial charge in [-0.05, 0) is 44.4 Å². The van der Waals surface area contributed by atoms with E-state index in [1.807, 2.05) is 6.33 Å². The van der Waals surface area contributed by atoms with Gasteiger partial charge in [0.25, 0.3) is 0 Å². The summed E-state index contributed by atoms with van der Waals surface area (Å²) in [7, 11) is 0. The Morgan fingerprint density at radius 3 is 2.62 bits per heavy atom. The van der Waals surface area contributed by atoms with Crippen LogP contribution in [0.3, 0.4) is 0 Å². The van der Waals surface area contributed by atoms with Gasteiger partial charge in [-0.25, -0.2) is 0 Å². The van der Waals surface area contributed by atoms with Crippen LogP contribution in [0.15, 0.2) is 6.33 Å². The van der Waals surface area contributed by atoms with Gasteiger partial charge in [-0.3, -0.25) is 0 Å². The van der Waals surface area contributed by atoms with Gasteiger partial charge in [-0.2, -0.15) is 0 Å². The van der Waals surface area contributed by atoms with Gasteiger partial charge >= 0.3 is 0 Å². The first kappa shape index (κ1) is 10.3. The Bertz CT molecular complexity index is 340. The Morgan fingerprint density at radius 2 is 2.06 bits per heavy atom. The third kappa shape index (κ3) is 2.12. The van der Waals surface area contributed by atoms with E-state index in [0.29, 0.717) is 0 Å². The highest BCUT2D eigenvalue weighted by Gasteiger charge is 2.41. The van der Waals surface area contributed by atoms with Crippen molar-refractivity contribution in [1.82, 2.24) is 20.1 Å². The topological polar surface area (TPSA) is 42.7 Å². The van der Waals surface area contributed by atoms with Crippen LogP contribution in [0.1, 0.15) is 38.4 Å². The Kier molecular flexibility index (Phi) is 2.67. The standard InChI is InChI=1S/C12H20N4/c1-2-16-8-14-15-11(16)7-13-12(9-3-4-9)10-5-6-10/h8-10,12-13H,2-7H2,1H3. The van der Waals surface area contributed by atoms with Gasteiger partial charge in [-0.15, -0.1) is 10.2 Å². The minimum atomic E-state index is 0.752. The first-order chi connectivity index (χ1) is 7.88. The molecule has 0 bridgehead atoms. The molecule has 0 spiro atoms. The monoisotopic (exact) mass is 220 g/mol. The molecule has 0 aliphatic heterocycles. The Balaban J connectivity index is 1.58. The SMILES string of the molecule is CCn1cnnc1CNC(C1CC1)C1CC1. The number of hydrogen-bond donors (Lipinski definition) is 1. The van der Waals surface area contributed by atoms with E-state index in [1.165, 1.54) is 25.7 Å². The van der Waals surface area contributed by atoms with E-state index in [0.717, 1.165) is 36.8 Å². The van der Waals surface area contributed by atoms with Crippen LogP contribution < -0.4 is 5.32 Å². The highest BCUT2D eigenvalue weighted by molar-refractivity contribution is 4.97. The summed E-state index contributed by atoms with van der Waals surface area (Å²) < 4.78 is 2.11. The van der Waals surface area contributed by atoms with Gasteiger partial charge in [0, 0.05) is 12.6 Å². The van der Waals surface area contributed by atoms with E-state index in [4.69, 9.17) is 0 Å². The molecule has 0 saturated heterocycles. The third-order valence-electron chi connectivity index (χ3n) is 3.79. The number of hydrogen-bond acceptors (Lipinski definition) is 3. The molecule has 0 atom stereocenters. The lowest BCUT2D eigenvalue weighted by molar-refractivity contribution is 0.406. The molecule has 1 heterocycles. The van der Waals surface area contributed by atoms with Gasteiger partial charge in [0.15, 0.2) is 0 Å². The quantitative estimate of drug-likeness (QED) is 0.791. The largest absolute Gasteiger partial charge is 0.317 e. The fourth-order valence-corrected chi connectivity index (χ4v) is 2.52. The fraction of sp³-hybridized carbons (Fsp3) is 0.833. The molecule has 0 amide bonds. The van der Waals surface area contributed by atoms with E-state index in [2.05, 4.69) is 27.0 Å². The summed E-state index contributed by atoms with van der Waals surface area (Å²) in [5.74, 6) is 2.98. The first-order valence-corrected chi connectivity index (χ1v) is 6.48. The summed E-state index contributed by atoms with van der Waals surface area (Å²) in [5, 5.41) is 11.8. The number of nitrogens with one attached hydrogen (secondary N) is 1. The zero-order valence-electron chi connectivity index (χ0n) is 9.89. The average Bonchev–Trinajstić information content (AvgIpc) is 3.19. The number of rotatable bonds is 6. The second kappa shape index (κ2) is 4.17. The summed E-state index contributed by atoms with van der Waals surface area (Å²) in [6.07, 6.45) is 7.52. The number of aromatic nitrogens is 3. The third-order valence-corrected chi connectivity index (χ3v) is 3.79. The molecule has 1 aromatic rings. The normalized spacial score (nSPS) is 20.6. The van der Waals surface area contributed by atoms with Gasteiger partial charge in [0.1, 0.15) is 12.2 Å². The molecule has 0 radical (unpaired) electrons. The summed E-state index contributed by atoms with van der Waals surface area (Å²) >= 11 is 0. The van der Waals surface area contributed by atoms with E-state index in [1.54, 1.807) is 0 Å². The summed E-state index contributed by atoms with van der Waals surface area (Å²) in [4.78, 5) is 0. The maximum absolute atomic E-state index is 4.17. The lowest BCUT2D eigenvalue weighted by Crippen LogP contribution is -2.33. The smallest absolute Gasteiger partial charge is 0.146 e. The minimum Gasteiger partial charge on any atom is -0.317 e. The molecule has 2 fully saturated rings. The predicted octanol–water partition coefficient (Wildman–Crippen LogP) is 1.58. The lowest BCUT2D eigenvalue weighted by Gasteiger charge is -2.17. The molecular formula is C12H20N4. The van der Waals surface area contributed by atoms with E-state index >= 15 is 0 Å². The zero-order valence-corrected chi connectivity index (χ0v) is 9.89. The molecule has 2 aliphatic carbocycles. The maximum atomic E-state index is 4.17. The van der Waals surface area contributed by atoms with Crippen molar-refractivity contribution in [2.45, 2.75) is 51.7 Å². The van der Waals surface area contributed by atoms with Crippen molar-refractivity contribution in [3.63, 3.8) is 0 Å². The lowest BCUT2D eigenvalue weighted by atomic mass is 10.1. The van der Waals surface area contributed by atoms with E-state index in [9.17, 15) is 0 Å². The van der Waals surface area contributed by atoms with E-state index < -0.39 is 0 Å². The first-order valence-electron chi connectivity index (χ1n) is 6.48. The predicted molar refractivity (Wildman–Crippen MR) is 61.8 cm³/mol. The summed E-state index contributed by atoms with van der Waals surface area (Å²) in [5.41, 5.74) is 0. The van der Waals surface area contributed by atoms with Crippen LogP contribution in [0, 0.1) is 11.8 Å². The van der Waals surface area contributed by atoms with Crippen molar-refractivity contribution in [1.29, 1.82) is 0 Å². The molecule has 88 valence electrons. The van der Waals surface area contributed by atoms with Crippen LogP contribution >= 0.6 is 0 Å².